The van der Waals surface area contributed by atoms with Crippen molar-refractivity contribution in [3.8, 4) is 5.75 Å². The molecule has 7 nitrogen and oxygen atoms in total. The second kappa shape index (κ2) is 5.81. The van der Waals surface area contributed by atoms with Gasteiger partial charge in [0.1, 0.15) is 5.75 Å². The third kappa shape index (κ3) is 2.57. The summed E-state index contributed by atoms with van der Waals surface area (Å²) in [5.41, 5.74) is 1.38. The van der Waals surface area contributed by atoms with Gasteiger partial charge in [0, 0.05) is 24.1 Å². The number of carbonyl (C=O) groups excluding carboxylic acids is 2. The Hall–Kier alpha value is -2.74. The van der Waals surface area contributed by atoms with Crippen molar-refractivity contribution in [2.24, 2.45) is 7.05 Å². The number of ketones is 1. The summed E-state index contributed by atoms with van der Waals surface area (Å²) in [6.07, 6.45) is 1.73. The maximum Gasteiger partial charge on any atom is 0.377 e. The average Bonchev–Trinajstić information content (AvgIpc) is 3.18. The normalized spacial score (nSPS) is 10.7. The van der Waals surface area contributed by atoms with Crippen molar-refractivity contribution in [3.63, 3.8) is 0 Å². The zero-order valence-electron chi connectivity index (χ0n) is 12.7. The molecule has 8 heteroatoms. The van der Waals surface area contributed by atoms with Crippen LogP contribution in [0.5, 0.6) is 5.75 Å². The highest BCUT2D eigenvalue weighted by Gasteiger charge is 2.22. The molecule has 1 aromatic carbocycles. The van der Waals surface area contributed by atoms with Crippen molar-refractivity contribution in [2.45, 2.75) is 0 Å². The molecular formula is C15H13N3O4S. The first-order chi connectivity index (χ1) is 11.0. The van der Waals surface area contributed by atoms with Crippen LogP contribution < -0.4 is 4.74 Å². The Kier molecular flexibility index (Phi) is 3.83. The van der Waals surface area contributed by atoms with E-state index in [1.807, 2.05) is 23.7 Å². The van der Waals surface area contributed by atoms with Gasteiger partial charge in [-0.05, 0) is 29.7 Å². The van der Waals surface area contributed by atoms with Crippen LogP contribution in [-0.4, -0.2) is 39.9 Å². The summed E-state index contributed by atoms with van der Waals surface area (Å²) >= 11 is 0.872. The van der Waals surface area contributed by atoms with Crippen molar-refractivity contribution < 1.29 is 19.1 Å². The van der Waals surface area contributed by atoms with Crippen LogP contribution in [-0.2, 0) is 11.8 Å². The van der Waals surface area contributed by atoms with Crippen molar-refractivity contribution in [3.05, 3.63) is 40.8 Å². The summed E-state index contributed by atoms with van der Waals surface area (Å²) in [4.78, 5) is 28.1. The van der Waals surface area contributed by atoms with E-state index in [1.165, 1.54) is 7.11 Å². The highest BCUT2D eigenvalue weighted by molar-refractivity contribution is 7.08. The summed E-state index contributed by atoms with van der Waals surface area (Å²) < 4.78 is 15.5. The fraction of sp³-hybridized carbons (Fsp3) is 0.200. The minimum Gasteiger partial charge on any atom is -0.497 e. The number of carbonyl (C=O) groups is 2. The predicted molar refractivity (Wildman–Crippen MR) is 84.2 cm³/mol. The molecule has 3 aromatic rings. The molecule has 3 rings (SSSR count). The van der Waals surface area contributed by atoms with Gasteiger partial charge >= 0.3 is 5.97 Å². The molecule has 0 radical (unpaired) electrons. The number of hydrogen-bond donors (Lipinski definition) is 0. The van der Waals surface area contributed by atoms with Crippen LogP contribution in [0.1, 0.15) is 26.0 Å². The molecule has 0 saturated carbocycles. The number of methoxy groups -OCH3 is 2. The lowest BCUT2D eigenvalue weighted by Gasteiger charge is -2.01. The van der Waals surface area contributed by atoms with Crippen LogP contribution in [0.25, 0.3) is 10.9 Å². The van der Waals surface area contributed by atoms with Gasteiger partial charge in [-0.15, -0.1) is 0 Å². The number of fused-ring (bicyclic) bond motifs is 1. The van der Waals surface area contributed by atoms with Crippen LogP contribution in [0.2, 0.25) is 0 Å². The van der Waals surface area contributed by atoms with Gasteiger partial charge in [0.15, 0.2) is 5.01 Å². The van der Waals surface area contributed by atoms with E-state index in [2.05, 4.69) is 14.1 Å². The first-order valence-electron chi connectivity index (χ1n) is 6.65. The standard InChI is InChI=1S/C15H13N3O4S/c1-18-7-10(9-6-8(21-2)4-5-11(9)18)12(19)14-16-13(17-23-14)15(20)22-3/h4-7H,1-3H3. The fourth-order valence-electron chi connectivity index (χ4n) is 2.28. The molecule has 0 aliphatic carbocycles. The Bertz CT molecular complexity index is 913. The third-order valence-corrected chi connectivity index (χ3v) is 4.14. The molecule has 0 unspecified atom stereocenters. The van der Waals surface area contributed by atoms with Crippen molar-refractivity contribution in [1.29, 1.82) is 0 Å². The van der Waals surface area contributed by atoms with Crippen LogP contribution in [0.4, 0.5) is 0 Å². The average molecular weight is 331 g/mol. The van der Waals surface area contributed by atoms with E-state index < -0.39 is 5.97 Å². The lowest BCUT2D eigenvalue weighted by Crippen LogP contribution is -2.05. The number of esters is 1. The van der Waals surface area contributed by atoms with Gasteiger partial charge in [0.25, 0.3) is 5.82 Å². The highest BCUT2D eigenvalue weighted by atomic mass is 32.1. The zero-order chi connectivity index (χ0) is 16.6. The zero-order valence-corrected chi connectivity index (χ0v) is 13.5. The number of benzene rings is 1. The minimum atomic E-state index is -0.667. The van der Waals surface area contributed by atoms with Crippen LogP contribution in [0.15, 0.2) is 24.4 Å². The first-order valence-corrected chi connectivity index (χ1v) is 7.42. The van der Waals surface area contributed by atoms with E-state index in [1.54, 1.807) is 19.4 Å². The van der Waals surface area contributed by atoms with Crippen molar-refractivity contribution in [1.82, 2.24) is 13.9 Å². The number of ether oxygens (including phenoxy) is 2. The lowest BCUT2D eigenvalue weighted by molar-refractivity contribution is 0.0588. The van der Waals surface area contributed by atoms with Gasteiger partial charge in [-0.3, -0.25) is 4.79 Å². The van der Waals surface area contributed by atoms with Crippen LogP contribution in [0.3, 0.4) is 0 Å². The SMILES string of the molecule is COC(=O)c1nsc(C(=O)c2cn(C)c3ccc(OC)cc23)n1. The topological polar surface area (TPSA) is 83.3 Å². The number of rotatable bonds is 4. The number of aromatic nitrogens is 3. The number of hydrogen-bond acceptors (Lipinski definition) is 7. The van der Waals surface area contributed by atoms with Gasteiger partial charge < -0.3 is 14.0 Å². The summed E-state index contributed by atoms with van der Waals surface area (Å²) in [5, 5.41) is 0.896. The number of aryl methyl sites for hydroxylation is 1. The van der Waals surface area contributed by atoms with E-state index in [-0.39, 0.29) is 16.6 Å². The molecule has 0 atom stereocenters. The van der Waals surface area contributed by atoms with Crippen LogP contribution >= 0.6 is 11.5 Å². The maximum absolute atomic E-state index is 12.7. The second-order valence-corrected chi connectivity index (χ2v) is 5.53. The quantitative estimate of drug-likeness (QED) is 0.537. The maximum atomic E-state index is 12.7. The molecule has 0 amide bonds. The Morgan fingerprint density at radius 2 is 2.04 bits per heavy atom. The molecule has 0 bridgehead atoms. The Morgan fingerprint density at radius 1 is 1.26 bits per heavy atom. The molecular weight excluding hydrogens is 318 g/mol. The predicted octanol–water partition coefficient (Wildman–Crippen LogP) is 2.06. The van der Waals surface area contributed by atoms with Gasteiger partial charge in [-0.25, -0.2) is 9.78 Å². The van der Waals surface area contributed by atoms with E-state index in [4.69, 9.17) is 4.74 Å². The Morgan fingerprint density at radius 3 is 2.74 bits per heavy atom. The van der Waals surface area contributed by atoms with Gasteiger partial charge in [-0.1, -0.05) is 0 Å². The highest BCUT2D eigenvalue weighted by Crippen LogP contribution is 2.27. The largest absolute Gasteiger partial charge is 0.497 e. The molecule has 2 aromatic heterocycles. The van der Waals surface area contributed by atoms with Crippen molar-refractivity contribution >= 4 is 34.2 Å². The van der Waals surface area contributed by atoms with E-state index in [9.17, 15) is 9.59 Å². The summed E-state index contributed by atoms with van der Waals surface area (Å²) in [5.74, 6) is -0.416. The molecule has 0 N–H and O–H groups in total. The Balaban J connectivity index is 2.07. The van der Waals surface area contributed by atoms with E-state index in [0.29, 0.717) is 11.3 Å². The smallest absolute Gasteiger partial charge is 0.377 e. The summed E-state index contributed by atoms with van der Waals surface area (Å²) in [6.45, 7) is 0. The van der Waals surface area contributed by atoms with Crippen molar-refractivity contribution in [2.75, 3.05) is 14.2 Å². The Labute approximate surface area is 135 Å². The third-order valence-electron chi connectivity index (χ3n) is 3.43. The molecule has 118 valence electrons. The molecule has 0 aliphatic rings. The number of nitrogens with zero attached hydrogens (tertiary/aromatic N) is 3. The molecule has 0 saturated heterocycles. The molecule has 2 heterocycles. The molecule has 0 fully saturated rings. The van der Waals surface area contributed by atoms with Gasteiger partial charge in [0.05, 0.1) is 19.8 Å². The second-order valence-electron chi connectivity index (χ2n) is 4.78. The fourth-order valence-corrected chi connectivity index (χ4v) is 2.89. The summed E-state index contributed by atoms with van der Waals surface area (Å²) in [7, 11) is 4.66. The molecule has 23 heavy (non-hydrogen) atoms. The van der Waals surface area contributed by atoms with Gasteiger partial charge in [-0.2, -0.15) is 4.37 Å². The van der Waals surface area contributed by atoms with Crippen LogP contribution in [0, 0.1) is 0 Å². The molecule has 0 aliphatic heterocycles. The van der Waals surface area contributed by atoms with Gasteiger partial charge in [0.2, 0.25) is 5.78 Å². The van der Waals surface area contributed by atoms with E-state index >= 15 is 0 Å². The summed E-state index contributed by atoms with van der Waals surface area (Å²) in [6, 6.07) is 5.51. The monoisotopic (exact) mass is 331 g/mol. The minimum absolute atomic E-state index is 0.112. The lowest BCUT2D eigenvalue weighted by atomic mass is 10.1. The molecule has 0 spiro atoms. The van der Waals surface area contributed by atoms with E-state index in [0.717, 1.165) is 22.4 Å². The first kappa shape index (κ1) is 15.2.